The van der Waals surface area contributed by atoms with E-state index in [1.807, 2.05) is 30.1 Å². The number of nitrogens with zero attached hydrogens (tertiary/aromatic N) is 1. The van der Waals surface area contributed by atoms with Crippen molar-refractivity contribution in [1.29, 1.82) is 0 Å². The van der Waals surface area contributed by atoms with E-state index in [1.54, 1.807) is 13.8 Å². The molecule has 1 aliphatic carbocycles. The Kier molecular flexibility index (Phi) is 4.69. The Balaban J connectivity index is 1.80. The Morgan fingerprint density at radius 1 is 1.33 bits per heavy atom. The fraction of sp³-hybridized carbons (Fsp3) is 0.588. The highest BCUT2D eigenvalue weighted by Gasteiger charge is 2.44. The third-order valence-electron chi connectivity index (χ3n) is 3.93. The smallest absolute Gasteiger partial charge is 0.234 e. The molecule has 0 saturated heterocycles. The summed E-state index contributed by atoms with van der Waals surface area (Å²) in [6.45, 7) is 4.98. The molecule has 0 radical (unpaired) electrons. The highest BCUT2D eigenvalue weighted by atomic mass is 16.3. The standard InChI is InChI=1S/C17H26N2O2/c1-16(2,21)13-19(3)11-15(20)18-12-17(9-10-17)14-7-5-4-6-8-14/h4-8,21H,9-13H2,1-3H3,(H,18,20). The van der Waals surface area contributed by atoms with Crippen LogP contribution < -0.4 is 5.32 Å². The van der Waals surface area contributed by atoms with Crippen molar-refractivity contribution in [2.45, 2.75) is 37.7 Å². The minimum absolute atomic E-state index is 0.0176. The summed E-state index contributed by atoms with van der Waals surface area (Å²) < 4.78 is 0. The molecular weight excluding hydrogens is 264 g/mol. The van der Waals surface area contributed by atoms with Gasteiger partial charge in [-0.3, -0.25) is 9.69 Å². The van der Waals surface area contributed by atoms with Crippen molar-refractivity contribution in [3.63, 3.8) is 0 Å². The van der Waals surface area contributed by atoms with Gasteiger partial charge in [0.1, 0.15) is 0 Å². The van der Waals surface area contributed by atoms with Crippen LogP contribution in [0.4, 0.5) is 0 Å². The van der Waals surface area contributed by atoms with E-state index in [2.05, 4.69) is 17.4 Å². The molecule has 0 aromatic heterocycles. The number of nitrogens with one attached hydrogen (secondary N) is 1. The van der Waals surface area contributed by atoms with Gasteiger partial charge in [0.25, 0.3) is 0 Å². The zero-order chi connectivity index (χ0) is 15.5. The Morgan fingerprint density at radius 2 is 1.95 bits per heavy atom. The van der Waals surface area contributed by atoms with Gasteiger partial charge in [-0.05, 0) is 39.3 Å². The van der Waals surface area contributed by atoms with Crippen molar-refractivity contribution >= 4 is 5.91 Å². The van der Waals surface area contributed by atoms with Crippen molar-refractivity contribution in [3.05, 3.63) is 35.9 Å². The van der Waals surface area contributed by atoms with Gasteiger partial charge in [-0.2, -0.15) is 0 Å². The van der Waals surface area contributed by atoms with Crippen LogP contribution in [0, 0.1) is 0 Å². The summed E-state index contributed by atoms with van der Waals surface area (Å²) in [5, 5.41) is 12.8. The van der Waals surface area contributed by atoms with Crippen LogP contribution in [0.1, 0.15) is 32.3 Å². The molecular formula is C17H26N2O2. The molecule has 116 valence electrons. The highest BCUT2D eigenvalue weighted by Crippen LogP contribution is 2.47. The maximum absolute atomic E-state index is 12.0. The number of carbonyl (C=O) groups excluding carboxylic acids is 1. The molecule has 1 saturated carbocycles. The average molecular weight is 290 g/mol. The second kappa shape index (κ2) is 6.16. The largest absolute Gasteiger partial charge is 0.389 e. The fourth-order valence-corrected chi connectivity index (χ4v) is 2.80. The number of likely N-dealkylation sites (N-methyl/N-ethyl adjacent to an activating group) is 1. The Morgan fingerprint density at radius 3 is 2.48 bits per heavy atom. The molecule has 2 N–H and O–H groups in total. The fourth-order valence-electron chi connectivity index (χ4n) is 2.80. The predicted octanol–water partition coefficient (Wildman–Crippen LogP) is 1.54. The van der Waals surface area contributed by atoms with Gasteiger partial charge in [0.2, 0.25) is 5.91 Å². The van der Waals surface area contributed by atoms with E-state index in [0.29, 0.717) is 19.6 Å². The van der Waals surface area contributed by atoms with E-state index in [9.17, 15) is 9.90 Å². The van der Waals surface area contributed by atoms with Crippen molar-refractivity contribution in [2.24, 2.45) is 0 Å². The SMILES string of the molecule is CN(CC(=O)NCC1(c2ccccc2)CC1)CC(C)(C)O. The molecule has 21 heavy (non-hydrogen) atoms. The third-order valence-corrected chi connectivity index (χ3v) is 3.93. The molecule has 0 heterocycles. The monoisotopic (exact) mass is 290 g/mol. The van der Waals surface area contributed by atoms with Crippen LogP contribution in [0.15, 0.2) is 30.3 Å². The lowest BCUT2D eigenvalue weighted by molar-refractivity contribution is -0.122. The first kappa shape index (κ1) is 16.0. The van der Waals surface area contributed by atoms with E-state index in [-0.39, 0.29) is 11.3 Å². The van der Waals surface area contributed by atoms with E-state index < -0.39 is 5.60 Å². The Labute approximate surface area is 127 Å². The molecule has 0 spiro atoms. The summed E-state index contributed by atoms with van der Waals surface area (Å²) in [5.74, 6) is 0.0176. The second-order valence-electron chi connectivity index (χ2n) is 6.91. The molecule has 0 aliphatic heterocycles. The van der Waals surface area contributed by atoms with Gasteiger partial charge in [0, 0.05) is 18.5 Å². The van der Waals surface area contributed by atoms with Crippen LogP contribution in [-0.2, 0) is 10.2 Å². The van der Waals surface area contributed by atoms with Gasteiger partial charge in [-0.25, -0.2) is 0 Å². The molecule has 1 aromatic carbocycles. The van der Waals surface area contributed by atoms with Gasteiger partial charge in [-0.1, -0.05) is 30.3 Å². The quantitative estimate of drug-likeness (QED) is 0.801. The van der Waals surface area contributed by atoms with Gasteiger partial charge < -0.3 is 10.4 Å². The number of benzene rings is 1. The van der Waals surface area contributed by atoms with E-state index >= 15 is 0 Å². The number of amides is 1. The van der Waals surface area contributed by atoms with Gasteiger partial charge in [-0.15, -0.1) is 0 Å². The Hall–Kier alpha value is -1.39. The summed E-state index contributed by atoms with van der Waals surface area (Å²) in [5.41, 5.74) is 0.679. The zero-order valence-electron chi connectivity index (χ0n) is 13.2. The molecule has 0 unspecified atom stereocenters. The molecule has 1 amide bonds. The molecule has 2 rings (SSSR count). The summed E-state index contributed by atoms with van der Waals surface area (Å²) in [4.78, 5) is 13.9. The molecule has 1 aromatic rings. The van der Waals surface area contributed by atoms with Crippen LogP contribution >= 0.6 is 0 Å². The number of hydrogen-bond acceptors (Lipinski definition) is 3. The molecule has 1 fully saturated rings. The van der Waals surface area contributed by atoms with Crippen LogP contribution in [0.25, 0.3) is 0 Å². The van der Waals surface area contributed by atoms with Crippen LogP contribution in [0.2, 0.25) is 0 Å². The second-order valence-corrected chi connectivity index (χ2v) is 6.91. The third kappa shape index (κ3) is 4.83. The zero-order valence-corrected chi connectivity index (χ0v) is 13.2. The lowest BCUT2D eigenvalue weighted by atomic mass is 9.96. The van der Waals surface area contributed by atoms with Gasteiger partial charge in [0.05, 0.1) is 12.1 Å². The lowest BCUT2D eigenvalue weighted by Crippen LogP contribution is -2.43. The first-order valence-corrected chi connectivity index (χ1v) is 7.54. The van der Waals surface area contributed by atoms with E-state index in [0.717, 1.165) is 12.8 Å². The molecule has 4 heteroatoms. The molecule has 1 aliphatic rings. The number of hydrogen-bond donors (Lipinski definition) is 2. The summed E-state index contributed by atoms with van der Waals surface area (Å²) >= 11 is 0. The minimum atomic E-state index is -0.781. The summed E-state index contributed by atoms with van der Waals surface area (Å²) in [6.07, 6.45) is 2.27. The van der Waals surface area contributed by atoms with Gasteiger partial charge >= 0.3 is 0 Å². The van der Waals surface area contributed by atoms with Crippen molar-refractivity contribution in [2.75, 3.05) is 26.7 Å². The molecule has 0 bridgehead atoms. The van der Waals surface area contributed by atoms with Crippen LogP contribution in [0.3, 0.4) is 0 Å². The number of carbonyl (C=O) groups is 1. The first-order chi connectivity index (χ1) is 9.81. The van der Waals surface area contributed by atoms with E-state index in [4.69, 9.17) is 0 Å². The first-order valence-electron chi connectivity index (χ1n) is 7.54. The van der Waals surface area contributed by atoms with Crippen molar-refractivity contribution in [3.8, 4) is 0 Å². The topological polar surface area (TPSA) is 52.6 Å². The minimum Gasteiger partial charge on any atom is -0.389 e. The van der Waals surface area contributed by atoms with Crippen LogP contribution in [0.5, 0.6) is 0 Å². The van der Waals surface area contributed by atoms with E-state index in [1.165, 1.54) is 5.56 Å². The van der Waals surface area contributed by atoms with Crippen molar-refractivity contribution < 1.29 is 9.90 Å². The summed E-state index contributed by atoms with van der Waals surface area (Å²) in [6, 6.07) is 10.4. The molecule has 0 atom stereocenters. The van der Waals surface area contributed by atoms with Gasteiger partial charge in [0.15, 0.2) is 0 Å². The van der Waals surface area contributed by atoms with Crippen LogP contribution in [-0.4, -0.2) is 48.2 Å². The molecule has 4 nitrogen and oxygen atoms in total. The average Bonchev–Trinajstić information content (AvgIpc) is 3.16. The normalized spacial score (nSPS) is 16.8. The Bertz CT molecular complexity index is 475. The number of aliphatic hydroxyl groups is 1. The predicted molar refractivity (Wildman–Crippen MR) is 84.2 cm³/mol. The van der Waals surface area contributed by atoms with Crippen molar-refractivity contribution in [1.82, 2.24) is 10.2 Å². The number of rotatable bonds is 7. The highest BCUT2D eigenvalue weighted by molar-refractivity contribution is 5.78. The maximum Gasteiger partial charge on any atom is 0.234 e. The summed E-state index contributed by atoms with van der Waals surface area (Å²) in [7, 11) is 1.85. The maximum atomic E-state index is 12.0. The lowest BCUT2D eigenvalue weighted by Gasteiger charge is -2.25.